The Morgan fingerprint density at radius 3 is 1.04 bits per heavy atom. The number of aromatic nitrogens is 12. The molecule has 0 saturated heterocycles. The molecule has 1 aliphatic heterocycles. The lowest BCUT2D eigenvalue weighted by Crippen LogP contribution is -2.15. The Morgan fingerprint density at radius 1 is 0.323 bits per heavy atom. The second-order valence-electron chi connectivity index (χ2n) is 27.8. The zero-order valence-electron chi connectivity index (χ0n) is 68.3. The first-order valence-electron chi connectivity index (χ1n) is 40.3. The Kier molecular flexibility index (Phi) is 27.9. The van der Waals surface area contributed by atoms with E-state index >= 15 is 0 Å². The zero-order chi connectivity index (χ0) is 87.3. The van der Waals surface area contributed by atoms with Crippen LogP contribution in [0.3, 0.4) is 0 Å². The van der Waals surface area contributed by atoms with Crippen molar-refractivity contribution in [2.45, 2.75) is 6.92 Å². The summed E-state index contributed by atoms with van der Waals surface area (Å²) in [5.74, 6) is 10.2. The normalized spacial score (nSPS) is 10.8. The molecule has 8 aromatic heterocycles. The fourth-order valence-electron chi connectivity index (χ4n) is 13.0. The fourth-order valence-corrected chi connectivity index (χ4v) is 13.0. The summed E-state index contributed by atoms with van der Waals surface area (Å²) in [5.41, 5.74) is 8.17. The van der Waals surface area contributed by atoms with Crippen molar-refractivity contribution in [2.75, 3.05) is 108 Å². The number of rotatable bonds is 28. The average molecular weight is 1680 g/mol. The van der Waals surface area contributed by atoms with Gasteiger partial charge in [0.05, 0.1) is 56.5 Å². The third kappa shape index (κ3) is 22.5. The van der Waals surface area contributed by atoms with Crippen LogP contribution in [0.25, 0.3) is 89.2 Å². The summed E-state index contributed by atoms with van der Waals surface area (Å²) in [4.78, 5) is 54.3. The molecule has 9 heterocycles. The largest absolute Gasteiger partial charge is 0.494 e. The number of para-hydroxylation sites is 5. The van der Waals surface area contributed by atoms with Crippen LogP contribution < -0.4 is 61.5 Å². The third-order valence-corrected chi connectivity index (χ3v) is 19.2. The minimum atomic E-state index is -0.718. The van der Waals surface area contributed by atoms with Crippen molar-refractivity contribution >= 4 is 90.2 Å². The van der Waals surface area contributed by atoms with Gasteiger partial charge in [0, 0.05) is 121 Å². The van der Waals surface area contributed by atoms with Crippen molar-refractivity contribution in [1.29, 1.82) is 21.0 Å². The maximum absolute atomic E-state index is 14.2. The maximum Gasteiger partial charge on any atom is 0.231 e. The van der Waals surface area contributed by atoms with Gasteiger partial charge in [-0.25, -0.2) is 68.6 Å². The van der Waals surface area contributed by atoms with E-state index in [0.29, 0.717) is 122 Å². The maximum atomic E-state index is 14.2. The highest BCUT2D eigenvalue weighted by Gasteiger charge is 2.20. The Labute approximate surface area is 728 Å². The highest BCUT2D eigenvalue weighted by Crippen LogP contribution is 2.37. The van der Waals surface area contributed by atoms with Gasteiger partial charge in [0.2, 0.25) is 6.79 Å². The van der Waals surface area contributed by atoms with Crippen molar-refractivity contribution < 1.29 is 27.7 Å². The number of nitriles is 4. The standard InChI is InChI=1S/C28H22N6O.C24H22N6O.C23H18N6O2.C22H16F2N6/c29-18-20-10-15-26(32-19-20)30-16-17-31-28-24-8-4-5-9-25(24)33-27(34-28)21-11-13-23(14-12-21)35-22-6-2-1-3-7-22;1-2-31-19-10-8-18(9-11-19)23-29-21-6-4-3-5-20(21)24(30-23)27-14-13-26-22-12-7-17(15-25)16-28-22;24-12-15-5-8-21(27-13-15)25-9-10-26-23-17-3-1-2-4-18(17)28-22(29-23)16-6-7-19-20(11-16)31-14-30-19;23-15-6-7-16(18(24)11-15)22-29-19-4-2-1-3-17(19)21(30-22)27-10-9-26-20-8-5-14(12-25)13-28-20/h1-15,19H,16-17H2,(H,30,32)(H,31,33,34);3-12,16H,2,13-14H2,1H3,(H,26,28)(H,27,29,30);1-8,11,13H,9-10,14H2,(H,25,27)(H,26,28,29);1-8,11,13H,9-10H2,(H,26,28)(H,27,29,30). The van der Waals surface area contributed by atoms with Gasteiger partial charge in [0.25, 0.3) is 0 Å². The van der Waals surface area contributed by atoms with Gasteiger partial charge in [-0.1, -0.05) is 66.7 Å². The predicted octanol–water partition coefficient (Wildman–Crippen LogP) is 18.5. The molecule has 0 spiro atoms. The summed E-state index contributed by atoms with van der Waals surface area (Å²) in [6.45, 7) is 7.69. The number of nitrogens with one attached hydrogen (secondary N) is 8. The molecule has 0 aliphatic carbocycles. The second kappa shape index (κ2) is 42.0. The van der Waals surface area contributed by atoms with E-state index in [9.17, 15) is 8.78 Å². The molecule has 0 saturated carbocycles. The molecule has 0 amide bonds. The summed E-state index contributed by atoms with van der Waals surface area (Å²) in [6.07, 6.45) is 6.15. The Hall–Kier alpha value is -17.6. The number of hydrogen-bond donors (Lipinski definition) is 8. The van der Waals surface area contributed by atoms with Crippen LogP contribution in [0, 0.1) is 57.0 Å². The molecule has 0 unspecified atom stereocenters. The summed E-state index contributed by atoms with van der Waals surface area (Å²) in [5, 5.41) is 65.4. The summed E-state index contributed by atoms with van der Waals surface area (Å²) < 4.78 is 49.8. The van der Waals surface area contributed by atoms with Gasteiger partial charge < -0.3 is 61.5 Å². The molecule has 17 aromatic rings. The summed E-state index contributed by atoms with van der Waals surface area (Å²) in [6, 6.07) is 87.7. The van der Waals surface area contributed by atoms with Gasteiger partial charge in [-0.2, -0.15) is 21.0 Å². The molecule has 0 atom stereocenters. The monoisotopic (exact) mass is 1680 g/mol. The molecule has 127 heavy (non-hydrogen) atoms. The number of benzene rings is 9. The molecular formula is C97H78F2N24O4. The van der Waals surface area contributed by atoms with E-state index in [1.807, 2.05) is 207 Å². The van der Waals surface area contributed by atoms with Crippen LogP contribution in [-0.2, 0) is 0 Å². The second-order valence-corrected chi connectivity index (χ2v) is 27.8. The van der Waals surface area contributed by atoms with Gasteiger partial charge in [0.15, 0.2) is 34.8 Å². The van der Waals surface area contributed by atoms with Crippen LogP contribution in [0.2, 0.25) is 0 Å². The molecule has 624 valence electrons. The van der Waals surface area contributed by atoms with E-state index in [4.69, 9.17) is 69.9 Å². The minimum Gasteiger partial charge on any atom is -0.494 e. The van der Waals surface area contributed by atoms with E-state index in [1.165, 1.54) is 18.3 Å². The van der Waals surface area contributed by atoms with Crippen LogP contribution >= 0.6 is 0 Å². The molecule has 1 aliphatic rings. The van der Waals surface area contributed by atoms with Crippen molar-refractivity contribution in [3.63, 3.8) is 0 Å². The van der Waals surface area contributed by atoms with Crippen LogP contribution in [-0.4, -0.2) is 126 Å². The van der Waals surface area contributed by atoms with Crippen LogP contribution in [0.15, 0.2) is 286 Å². The minimum absolute atomic E-state index is 0.130. The van der Waals surface area contributed by atoms with Crippen molar-refractivity contribution in [2.24, 2.45) is 0 Å². The first-order valence-corrected chi connectivity index (χ1v) is 40.3. The van der Waals surface area contributed by atoms with Crippen molar-refractivity contribution in [1.82, 2.24) is 59.8 Å². The Morgan fingerprint density at radius 2 is 0.661 bits per heavy atom. The zero-order valence-corrected chi connectivity index (χ0v) is 68.3. The summed E-state index contributed by atoms with van der Waals surface area (Å²) in [7, 11) is 0. The molecule has 0 bridgehead atoms. The SMILES string of the molecule is CCOc1ccc(-c2nc(NCCNc3ccc(C#N)cn3)c3ccccc3n2)cc1.N#Cc1ccc(NCCNc2nc(-c3ccc(F)cc3F)nc3ccccc23)nc1.N#Cc1ccc(NCCNc2nc(-c3ccc(Oc4ccccc4)cc3)nc3ccccc23)nc1.N#Cc1ccc(NCCNc2nc(-c3ccc4c(c3)OCO4)nc3ccccc23)nc1. The molecular weight excluding hydrogens is 1600 g/mol. The Balaban J connectivity index is 0.000000131. The molecule has 9 aromatic carbocycles. The molecule has 28 nitrogen and oxygen atoms in total. The smallest absolute Gasteiger partial charge is 0.231 e. The average Bonchev–Trinajstić information content (AvgIpc) is 1.14. The first kappa shape index (κ1) is 84.4. The van der Waals surface area contributed by atoms with Gasteiger partial charge in [-0.15, -0.1) is 0 Å². The number of fused-ring (bicyclic) bond motifs is 5. The van der Waals surface area contributed by atoms with Crippen LogP contribution in [0.5, 0.6) is 28.7 Å². The third-order valence-electron chi connectivity index (χ3n) is 19.2. The van der Waals surface area contributed by atoms with Crippen molar-refractivity contribution in [3.8, 4) is 98.6 Å². The van der Waals surface area contributed by atoms with E-state index < -0.39 is 11.6 Å². The van der Waals surface area contributed by atoms with Crippen molar-refractivity contribution in [3.05, 3.63) is 320 Å². The fraction of sp³-hybridized carbons (Fsp3) is 0.113. The number of anilines is 8. The van der Waals surface area contributed by atoms with E-state index in [2.05, 4.69) is 90.6 Å². The predicted molar refractivity (Wildman–Crippen MR) is 487 cm³/mol. The highest BCUT2D eigenvalue weighted by atomic mass is 19.1. The number of nitrogens with zero attached hydrogens (tertiary/aromatic N) is 16. The lowest BCUT2D eigenvalue weighted by Gasteiger charge is -2.12. The molecule has 0 fully saturated rings. The summed E-state index contributed by atoms with van der Waals surface area (Å²) >= 11 is 0. The van der Waals surface area contributed by atoms with E-state index in [1.54, 1.807) is 67.1 Å². The van der Waals surface area contributed by atoms with Crippen LogP contribution in [0.1, 0.15) is 29.2 Å². The first-order chi connectivity index (χ1) is 62.5. The number of pyridine rings is 4. The molecule has 8 N–H and O–H groups in total. The van der Waals surface area contributed by atoms with Gasteiger partial charge in [-0.3, -0.25) is 0 Å². The van der Waals surface area contributed by atoms with E-state index in [-0.39, 0.29) is 18.2 Å². The number of ether oxygens (including phenoxy) is 4. The molecule has 30 heteroatoms. The van der Waals surface area contributed by atoms with Gasteiger partial charge >= 0.3 is 0 Å². The Bertz CT molecular complexity index is 6830. The lowest BCUT2D eigenvalue weighted by atomic mass is 10.1. The van der Waals surface area contributed by atoms with Gasteiger partial charge in [-0.05, 0) is 195 Å². The quantitative estimate of drug-likeness (QED) is 0.0211. The lowest BCUT2D eigenvalue weighted by molar-refractivity contribution is 0.174. The topological polar surface area (TPSA) is 383 Å². The van der Waals surface area contributed by atoms with E-state index in [0.717, 1.165) is 119 Å². The van der Waals surface area contributed by atoms with Gasteiger partial charge in [0.1, 0.15) is 99.7 Å². The number of halogens is 2. The molecule has 0 radical (unpaired) electrons. The highest BCUT2D eigenvalue weighted by molar-refractivity contribution is 5.94. The van der Waals surface area contributed by atoms with Crippen LogP contribution in [0.4, 0.5) is 55.3 Å². The molecule has 18 rings (SSSR count). The number of hydrogen-bond acceptors (Lipinski definition) is 28.